The Bertz CT molecular complexity index is 1310. The Balaban J connectivity index is 0.000000177. The number of hydrogen-bond acceptors (Lipinski definition) is 5. The first-order valence-corrected chi connectivity index (χ1v) is 11.2. The van der Waals surface area contributed by atoms with Gasteiger partial charge in [0.15, 0.2) is 0 Å². The van der Waals surface area contributed by atoms with Crippen LogP contribution in [0.3, 0.4) is 0 Å². The summed E-state index contributed by atoms with van der Waals surface area (Å²) < 4.78 is 63.0. The van der Waals surface area contributed by atoms with E-state index in [1.165, 1.54) is 18.4 Å². The summed E-state index contributed by atoms with van der Waals surface area (Å²) in [5.41, 5.74) is 3.49. The summed E-state index contributed by atoms with van der Waals surface area (Å²) in [5.74, 6) is -0.219. The van der Waals surface area contributed by atoms with Crippen molar-refractivity contribution in [1.82, 2.24) is 0 Å². The Labute approximate surface area is 177 Å². The molecular weight excluding hydrogens is 438 g/mol. The van der Waals surface area contributed by atoms with Gasteiger partial charge in [-0.1, -0.05) is 0 Å². The first-order chi connectivity index (χ1) is 14.1. The zero-order chi connectivity index (χ0) is 22.1. The third-order valence-electron chi connectivity index (χ3n) is 4.44. The molecule has 0 bridgehead atoms. The van der Waals surface area contributed by atoms with Crippen LogP contribution >= 0.6 is 11.6 Å². The average molecular weight is 457 g/mol. The lowest BCUT2D eigenvalue weighted by molar-refractivity contribution is 0.311. The number of aryl methyl sites for hydroxylation is 2. The normalized spacial score (nSPS) is 11.7. The lowest BCUT2D eigenvalue weighted by atomic mass is 10.1. The van der Waals surface area contributed by atoms with Crippen molar-refractivity contribution in [2.75, 3.05) is 6.26 Å². The van der Waals surface area contributed by atoms with Crippen molar-refractivity contribution in [3.05, 3.63) is 70.7 Å². The van der Waals surface area contributed by atoms with Gasteiger partial charge in [0.1, 0.15) is 22.8 Å². The number of halogens is 3. The SMILES string of the molecule is Cc1cc2c(CCl)coc2cc1F.Cc1cc2c(COS(C)(=O)=O)coc2cc1F. The topological polar surface area (TPSA) is 69.7 Å². The smallest absolute Gasteiger partial charge is 0.264 e. The summed E-state index contributed by atoms with van der Waals surface area (Å²) in [6.45, 7) is 3.24. The molecule has 4 aromatic rings. The standard InChI is InChI=1S/C11H11FO4S.C10H8ClFO/c1-7-3-9-8(6-16-17(2,13)14)5-15-11(9)4-10(7)12;1-6-2-8-7(4-11)5-13-10(8)3-9(6)12/h3-5H,6H2,1-2H3;2-3,5H,4H2,1H3. The highest BCUT2D eigenvalue weighted by molar-refractivity contribution is 7.85. The van der Waals surface area contributed by atoms with E-state index in [4.69, 9.17) is 20.4 Å². The van der Waals surface area contributed by atoms with Crippen molar-refractivity contribution in [3.63, 3.8) is 0 Å². The minimum Gasteiger partial charge on any atom is -0.464 e. The second kappa shape index (κ2) is 8.75. The molecule has 160 valence electrons. The van der Waals surface area contributed by atoms with E-state index in [9.17, 15) is 17.2 Å². The van der Waals surface area contributed by atoms with Crippen molar-refractivity contribution < 1.29 is 30.2 Å². The molecule has 2 aromatic heterocycles. The van der Waals surface area contributed by atoms with Gasteiger partial charge in [-0.05, 0) is 37.1 Å². The fraction of sp³-hybridized carbons (Fsp3) is 0.238. The Morgan fingerprint density at radius 3 is 1.83 bits per heavy atom. The summed E-state index contributed by atoms with van der Waals surface area (Å²) >= 11 is 5.69. The molecule has 0 unspecified atom stereocenters. The predicted molar refractivity (Wildman–Crippen MR) is 111 cm³/mol. The molecule has 0 fully saturated rings. The zero-order valence-electron chi connectivity index (χ0n) is 16.5. The highest BCUT2D eigenvalue weighted by Gasteiger charge is 2.11. The molecule has 4 rings (SSSR count). The zero-order valence-corrected chi connectivity index (χ0v) is 18.0. The van der Waals surface area contributed by atoms with Crippen molar-refractivity contribution in [1.29, 1.82) is 0 Å². The van der Waals surface area contributed by atoms with Crippen molar-refractivity contribution in [2.45, 2.75) is 26.3 Å². The van der Waals surface area contributed by atoms with Gasteiger partial charge in [-0.15, -0.1) is 11.6 Å². The van der Waals surface area contributed by atoms with E-state index in [2.05, 4.69) is 4.18 Å². The maximum atomic E-state index is 13.2. The van der Waals surface area contributed by atoms with E-state index in [1.54, 1.807) is 32.2 Å². The van der Waals surface area contributed by atoms with Gasteiger partial charge in [0, 0.05) is 34.0 Å². The van der Waals surface area contributed by atoms with Crippen LogP contribution in [0.2, 0.25) is 0 Å². The quantitative estimate of drug-likeness (QED) is 0.279. The Hall–Kier alpha value is -2.42. The van der Waals surface area contributed by atoms with Gasteiger partial charge >= 0.3 is 0 Å². The van der Waals surface area contributed by atoms with Gasteiger partial charge in [0.25, 0.3) is 10.1 Å². The van der Waals surface area contributed by atoms with Crippen molar-refractivity contribution in [3.8, 4) is 0 Å². The van der Waals surface area contributed by atoms with Crippen molar-refractivity contribution >= 4 is 43.7 Å². The monoisotopic (exact) mass is 456 g/mol. The fourth-order valence-corrected chi connectivity index (χ4v) is 3.35. The summed E-state index contributed by atoms with van der Waals surface area (Å²) in [7, 11) is -3.50. The van der Waals surface area contributed by atoms with E-state index in [-0.39, 0.29) is 18.2 Å². The van der Waals surface area contributed by atoms with Crippen LogP contribution < -0.4 is 0 Å². The molecule has 0 amide bonds. The van der Waals surface area contributed by atoms with Gasteiger partial charge < -0.3 is 8.83 Å². The molecule has 0 aliphatic heterocycles. The van der Waals surface area contributed by atoms with Crippen LogP contribution in [0.4, 0.5) is 8.78 Å². The van der Waals surface area contributed by atoms with Gasteiger partial charge in [-0.2, -0.15) is 8.42 Å². The third kappa shape index (κ3) is 5.00. The molecule has 0 radical (unpaired) electrons. The molecule has 0 spiro atoms. The van der Waals surface area contributed by atoms with Crippen LogP contribution in [0.15, 0.2) is 45.6 Å². The first kappa shape index (κ1) is 22.3. The minimum absolute atomic E-state index is 0.114. The number of furan rings is 2. The van der Waals surface area contributed by atoms with Gasteiger partial charge in [0.2, 0.25) is 0 Å². The number of hydrogen-bond donors (Lipinski definition) is 0. The number of fused-ring (bicyclic) bond motifs is 2. The van der Waals surface area contributed by atoms with E-state index >= 15 is 0 Å². The number of rotatable bonds is 4. The minimum atomic E-state index is -3.50. The van der Waals surface area contributed by atoms with E-state index < -0.39 is 10.1 Å². The molecule has 5 nitrogen and oxygen atoms in total. The molecule has 30 heavy (non-hydrogen) atoms. The third-order valence-corrected chi connectivity index (χ3v) is 5.28. The Morgan fingerprint density at radius 2 is 1.37 bits per heavy atom. The molecule has 0 aliphatic carbocycles. The molecule has 2 heterocycles. The summed E-state index contributed by atoms with van der Waals surface area (Å²) in [5, 5.41) is 1.56. The van der Waals surface area contributed by atoms with E-state index in [1.807, 2.05) is 0 Å². The van der Waals surface area contributed by atoms with Gasteiger partial charge in [-0.3, -0.25) is 4.18 Å². The average Bonchev–Trinajstić information content (AvgIpc) is 3.24. The van der Waals surface area contributed by atoms with Gasteiger partial charge in [0.05, 0.1) is 31.3 Å². The van der Waals surface area contributed by atoms with Crippen LogP contribution in [0.5, 0.6) is 0 Å². The lowest BCUT2D eigenvalue weighted by Gasteiger charge is -2.00. The molecule has 0 saturated heterocycles. The largest absolute Gasteiger partial charge is 0.464 e. The molecular formula is C21H19ClF2O5S. The highest BCUT2D eigenvalue weighted by atomic mass is 35.5. The summed E-state index contributed by atoms with van der Waals surface area (Å²) in [4.78, 5) is 0. The van der Waals surface area contributed by atoms with Crippen LogP contribution in [0.1, 0.15) is 22.3 Å². The second-order valence-electron chi connectivity index (χ2n) is 6.82. The number of benzene rings is 2. The van der Waals surface area contributed by atoms with Crippen LogP contribution in [-0.4, -0.2) is 14.7 Å². The maximum absolute atomic E-state index is 13.2. The molecule has 0 aliphatic rings. The molecule has 0 saturated carbocycles. The summed E-state index contributed by atoms with van der Waals surface area (Å²) in [6.07, 6.45) is 3.91. The molecule has 2 aromatic carbocycles. The van der Waals surface area contributed by atoms with E-state index in [0.717, 1.165) is 17.2 Å². The summed E-state index contributed by atoms with van der Waals surface area (Å²) in [6, 6.07) is 6.02. The van der Waals surface area contributed by atoms with Crippen LogP contribution in [0, 0.1) is 25.5 Å². The second-order valence-corrected chi connectivity index (χ2v) is 8.73. The predicted octanol–water partition coefficient (Wildman–Crippen LogP) is 5.98. The van der Waals surface area contributed by atoms with Crippen molar-refractivity contribution in [2.24, 2.45) is 0 Å². The maximum Gasteiger partial charge on any atom is 0.264 e. The Kier molecular flexibility index (Phi) is 6.50. The number of alkyl halides is 1. The lowest BCUT2D eigenvalue weighted by Crippen LogP contribution is -2.02. The van der Waals surface area contributed by atoms with Crippen LogP contribution in [0.25, 0.3) is 21.9 Å². The highest BCUT2D eigenvalue weighted by Crippen LogP contribution is 2.26. The molecule has 0 atom stereocenters. The first-order valence-electron chi connectivity index (χ1n) is 8.82. The van der Waals surface area contributed by atoms with Gasteiger partial charge in [-0.25, -0.2) is 8.78 Å². The van der Waals surface area contributed by atoms with E-state index in [0.29, 0.717) is 39.1 Å². The fourth-order valence-electron chi connectivity index (χ4n) is 2.81. The van der Waals surface area contributed by atoms with Crippen LogP contribution in [-0.2, 0) is 26.8 Å². The Morgan fingerprint density at radius 1 is 0.900 bits per heavy atom. The molecule has 9 heteroatoms. The molecule has 0 N–H and O–H groups in total.